The summed E-state index contributed by atoms with van der Waals surface area (Å²) in [6.45, 7) is 0. The predicted molar refractivity (Wildman–Crippen MR) is 295 cm³/mol. The molecule has 0 unspecified atom stereocenters. The Bertz CT molecular complexity index is 3810. The number of fused-ring (bicyclic) bond motifs is 5. The molecular weight excluding hydrogens is 843 g/mol. The van der Waals surface area contributed by atoms with Gasteiger partial charge >= 0.3 is 0 Å². The summed E-state index contributed by atoms with van der Waals surface area (Å²) >= 11 is 0. The van der Waals surface area contributed by atoms with Crippen molar-refractivity contribution < 1.29 is 0 Å². The van der Waals surface area contributed by atoms with Crippen molar-refractivity contribution in [2.45, 2.75) is 5.41 Å². The van der Waals surface area contributed by atoms with E-state index >= 15 is 0 Å². The van der Waals surface area contributed by atoms with Gasteiger partial charge in [-0.2, -0.15) is 0 Å². The summed E-state index contributed by atoms with van der Waals surface area (Å²) < 4.78 is 0. The second-order valence-electron chi connectivity index (χ2n) is 18.3. The van der Waals surface area contributed by atoms with Crippen molar-refractivity contribution in [2.75, 3.05) is 4.90 Å². The first-order valence-electron chi connectivity index (χ1n) is 24.3. The van der Waals surface area contributed by atoms with E-state index in [4.69, 9.17) is 0 Å². The van der Waals surface area contributed by atoms with Crippen molar-refractivity contribution in [2.24, 2.45) is 0 Å². The Morgan fingerprint density at radius 2 is 0.700 bits per heavy atom. The molecule has 0 atom stereocenters. The fourth-order valence-electron chi connectivity index (χ4n) is 11.5. The molecule has 0 aromatic heterocycles. The Morgan fingerprint density at radius 1 is 0.257 bits per heavy atom. The van der Waals surface area contributed by atoms with E-state index in [1.807, 2.05) is 0 Å². The molecule has 1 aliphatic rings. The summed E-state index contributed by atoms with van der Waals surface area (Å²) in [7, 11) is 0. The number of hydrogen-bond acceptors (Lipinski definition) is 1. The average molecular weight is 890 g/mol. The van der Waals surface area contributed by atoms with Crippen LogP contribution in [0.2, 0.25) is 0 Å². The number of benzene rings is 12. The van der Waals surface area contributed by atoms with Gasteiger partial charge < -0.3 is 4.90 Å². The molecule has 0 spiro atoms. The van der Waals surface area contributed by atoms with Gasteiger partial charge in [-0.25, -0.2) is 0 Å². The molecule has 0 aliphatic heterocycles. The van der Waals surface area contributed by atoms with Gasteiger partial charge in [-0.3, -0.25) is 0 Å². The average Bonchev–Trinajstić information content (AvgIpc) is 3.75. The van der Waals surface area contributed by atoms with Crippen molar-refractivity contribution in [3.63, 3.8) is 0 Å². The van der Waals surface area contributed by atoms with E-state index in [9.17, 15) is 0 Å². The standard InChI is InChI=1S/C69H47N/c1-4-20-49(21-5-1)59-34-17-24-52-25-18-36-62(67(52)59)61-31-13-15-39-66(61)70(55-44-40-50(41-45-55)58-33-16-23-48-22-10-11-30-57(48)58)56-46-42-51(43-47-56)60-35-19-38-65-68(60)63-32-12-14-37-64(63)69(65,53-26-6-2-7-27-53)54-28-8-3-9-29-54/h1-47H. The third-order valence-electron chi connectivity index (χ3n) is 14.6. The van der Waals surface area contributed by atoms with Crippen molar-refractivity contribution in [1.82, 2.24) is 0 Å². The van der Waals surface area contributed by atoms with Crippen molar-refractivity contribution >= 4 is 38.6 Å². The monoisotopic (exact) mass is 889 g/mol. The lowest BCUT2D eigenvalue weighted by atomic mass is 9.67. The normalized spacial score (nSPS) is 12.4. The maximum atomic E-state index is 2.44. The molecule has 0 amide bonds. The van der Waals surface area contributed by atoms with Gasteiger partial charge in [-0.1, -0.05) is 255 Å². The first kappa shape index (κ1) is 41.2. The second-order valence-corrected chi connectivity index (χ2v) is 18.3. The highest BCUT2D eigenvalue weighted by atomic mass is 15.1. The van der Waals surface area contributed by atoms with E-state index in [2.05, 4.69) is 290 Å². The summed E-state index contributed by atoms with van der Waals surface area (Å²) in [5.74, 6) is 0. The van der Waals surface area contributed by atoms with Gasteiger partial charge in [0.1, 0.15) is 0 Å². The molecule has 70 heavy (non-hydrogen) atoms. The van der Waals surface area contributed by atoms with Crippen LogP contribution >= 0.6 is 0 Å². The fraction of sp³-hybridized carbons (Fsp3) is 0.0145. The molecule has 13 rings (SSSR count). The van der Waals surface area contributed by atoms with Crippen molar-refractivity contribution in [3.8, 4) is 55.6 Å². The fourth-order valence-corrected chi connectivity index (χ4v) is 11.5. The number of para-hydroxylation sites is 1. The molecular formula is C69H47N. The minimum Gasteiger partial charge on any atom is -0.310 e. The van der Waals surface area contributed by atoms with Crippen LogP contribution in [0.5, 0.6) is 0 Å². The van der Waals surface area contributed by atoms with E-state index in [1.54, 1.807) is 0 Å². The maximum absolute atomic E-state index is 2.44. The third-order valence-corrected chi connectivity index (χ3v) is 14.6. The molecule has 12 aromatic rings. The molecule has 0 fully saturated rings. The van der Waals surface area contributed by atoms with Gasteiger partial charge in [0.05, 0.1) is 11.1 Å². The van der Waals surface area contributed by atoms with E-state index in [-0.39, 0.29) is 0 Å². The maximum Gasteiger partial charge on any atom is 0.0713 e. The van der Waals surface area contributed by atoms with Gasteiger partial charge in [0.25, 0.3) is 0 Å². The zero-order valence-electron chi connectivity index (χ0n) is 38.6. The van der Waals surface area contributed by atoms with Crippen LogP contribution in [0.1, 0.15) is 22.3 Å². The van der Waals surface area contributed by atoms with Gasteiger partial charge in [0.2, 0.25) is 0 Å². The Kier molecular flexibility index (Phi) is 10.1. The molecule has 0 radical (unpaired) electrons. The molecule has 12 aromatic carbocycles. The lowest BCUT2D eigenvalue weighted by Crippen LogP contribution is -2.28. The van der Waals surface area contributed by atoms with Gasteiger partial charge in [0, 0.05) is 16.9 Å². The number of nitrogens with zero attached hydrogens (tertiary/aromatic N) is 1. The second kappa shape index (κ2) is 17.2. The first-order valence-corrected chi connectivity index (χ1v) is 24.3. The number of hydrogen-bond donors (Lipinski definition) is 0. The molecule has 0 bridgehead atoms. The van der Waals surface area contributed by atoms with E-state index in [0.29, 0.717) is 0 Å². The molecule has 0 saturated carbocycles. The Morgan fingerprint density at radius 3 is 1.39 bits per heavy atom. The smallest absolute Gasteiger partial charge is 0.0713 e. The van der Waals surface area contributed by atoms with E-state index < -0.39 is 5.41 Å². The zero-order chi connectivity index (χ0) is 46.4. The highest BCUT2D eigenvalue weighted by Crippen LogP contribution is 2.58. The van der Waals surface area contributed by atoms with Crippen LogP contribution in [-0.2, 0) is 5.41 Å². The third kappa shape index (κ3) is 6.70. The Hall–Kier alpha value is -9.04. The SMILES string of the molecule is c1ccc(-c2cccc3cccc(-c4ccccc4N(c4ccc(-c5cccc6c5-c5ccccc5C6(c5ccccc5)c5ccccc5)cc4)c4ccc(-c5cccc6ccccc56)cc4)c23)cc1. The summed E-state index contributed by atoms with van der Waals surface area (Å²) in [4.78, 5) is 2.44. The van der Waals surface area contributed by atoms with Crippen LogP contribution in [0.3, 0.4) is 0 Å². The molecule has 0 heterocycles. The van der Waals surface area contributed by atoms with Crippen LogP contribution in [0, 0.1) is 0 Å². The lowest BCUT2D eigenvalue weighted by molar-refractivity contribution is 0.768. The number of rotatable bonds is 9. The highest BCUT2D eigenvalue weighted by molar-refractivity contribution is 6.09. The van der Waals surface area contributed by atoms with Crippen LogP contribution in [0.15, 0.2) is 285 Å². The molecule has 1 aliphatic carbocycles. The highest BCUT2D eigenvalue weighted by Gasteiger charge is 2.46. The van der Waals surface area contributed by atoms with Crippen molar-refractivity contribution in [1.29, 1.82) is 0 Å². The molecule has 1 heteroatoms. The van der Waals surface area contributed by atoms with Crippen LogP contribution in [-0.4, -0.2) is 0 Å². The van der Waals surface area contributed by atoms with Crippen molar-refractivity contribution in [3.05, 3.63) is 307 Å². The molecule has 0 N–H and O–H groups in total. The zero-order valence-corrected chi connectivity index (χ0v) is 38.6. The van der Waals surface area contributed by atoms with Gasteiger partial charge in [-0.05, 0) is 124 Å². The van der Waals surface area contributed by atoms with Crippen LogP contribution < -0.4 is 4.90 Å². The van der Waals surface area contributed by atoms with E-state index in [1.165, 1.54) is 93.9 Å². The van der Waals surface area contributed by atoms with Crippen LogP contribution in [0.4, 0.5) is 17.1 Å². The first-order chi connectivity index (χ1) is 34.8. The van der Waals surface area contributed by atoms with Gasteiger partial charge in [-0.15, -0.1) is 0 Å². The minimum atomic E-state index is -0.467. The largest absolute Gasteiger partial charge is 0.310 e. The molecule has 1 nitrogen and oxygen atoms in total. The topological polar surface area (TPSA) is 3.24 Å². The van der Waals surface area contributed by atoms with Crippen LogP contribution in [0.25, 0.3) is 77.2 Å². The quantitative estimate of drug-likeness (QED) is 0.140. The summed E-state index contributed by atoms with van der Waals surface area (Å²) in [6, 6.07) is 105. The number of anilines is 3. The Balaban J connectivity index is 0.987. The molecule has 328 valence electrons. The summed E-state index contributed by atoms with van der Waals surface area (Å²) in [6.07, 6.45) is 0. The van der Waals surface area contributed by atoms with Gasteiger partial charge in [0.15, 0.2) is 0 Å². The Labute approximate surface area is 409 Å². The van der Waals surface area contributed by atoms with E-state index in [0.717, 1.165) is 22.6 Å². The lowest BCUT2D eigenvalue weighted by Gasteiger charge is -2.34. The predicted octanol–water partition coefficient (Wildman–Crippen LogP) is 18.5. The molecule has 0 saturated heterocycles. The summed E-state index contributed by atoms with van der Waals surface area (Å²) in [5.41, 5.74) is 20.1. The summed E-state index contributed by atoms with van der Waals surface area (Å²) in [5, 5.41) is 4.94. The minimum absolute atomic E-state index is 0.467.